The summed E-state index contributed by atoms with van der Waals surface area (Å²) in [4.78, 5) is 25.1. The van der Waals surface area contributed by atoms with Crippen LogP contribution in [0.1, 0.15) is 60.9 Å². The Labute approximate surface area is 157 Å². The van der Waals surface area contributed by atoms with Crippen LogP contribution in [0.2, 0.25) is 0 Å². The highest BCUT2D eigenvalue weighted by atomic mass is 16.1. The minimum Gasteiger partial charge on any atom is -0.347 e. The van der Waals surface area contributed by atoms with E-state index >= 15 is 0 Å². The molecule has 3 aromatic rings. The lowest BCUT2D eigenvalue weighted by molar-refractivity contribution is 0.0921. The molecule has 27 heavy (non-hydrogen) atoms. The van der Waals surface area contributed by atoms with E-state index in [2.05, 4.69) is 39.5 Å². The first kappa shape index (κ1) is 17.5. The molecule has 2 unspecified atom stereocenters. The zero-order chi connectivity index (χ0) is 19.3. The molecule has 0 saturated carbocycles. The first-order valence-corrected chi connectivity index (χ1v) is 9.11. The SMILES string of the molecule is CC1C=Cc2c(cnn2C)C1c1cnc2[nH]cc(C(=O)NC(C)(C)C)c2n1. The van der Waals surface area contributed by atoms with Crippen LogP contribution in [0.5, 0.6) is 0 Å². The van der Waals surface area contributed by atoms with Crippen molar-refractivity contribution < 1.29 is 4.79 Å². The van der Waals surface area contributed by atoms with Gasteiger partial charge in [0.25, 0.3) is 5.91 Å². The standard InChI is InChI=1S/C20H24N6O/c1-11-6-7-15-12(9-23-26(15)5)16(11)14-10-22-18-17(24-14)13(8-21-18)19(27)25-20(2,3)4/h6-11,16H,1-5H3,(H,21,22)(H,25,27). The number of fused-ring (bicyclic) bond motifs is 2. The second-order valence-corrected chi connectivity index (χ2v) is 8.20. The van der Waals surface area contributed by atoms with Gasteiger partial charge in [0.05, 0.1) is 29.3 Å². The highest BCUT2D eigenvalue weighted by Gasteiger charge is 2.29. The maximum Gasteiger partial charge on any atom is 0.255 e. The molecule has 0 radical (unpaired) electrons. The van der Waals surface area contributed by atoms with Gasteiger partial charge in [0.2, 0.25) is 0 Å². The normalized spacial score (nSPS) is 19.3. The molecule has 7 heteroatoms. The number of amides is 1. The van der Waals surface area contributed by atoms with Gasteiger partial charge < -0.3 is 10.3 Å². The fraction of sp³-hybridized carbons (Fsp3) is 0.400. The minimum absolute atomic E-state index is 0.0593. The average molecular weight is 364 g/mol. The van der Waals surface area contributed by atoms with Gasteiger partial charge in [0, 0.05) is 30.3 Å². The smallest absolute Gasteiger partial charge is 0.255 e. The Morgan fingerprint density at radius 2 is 2.07 bits per heavy atom. The highest BCUT2D eigenvalue weighted by molar-refractivity contribution is 6.04. The number of carbonyl (C=O) groups is 1. The number of rotatable bonds is 2. The number of allylic oxidation sites excluding steroid dienone is 1. The number of nitrogens with one attached hydrogen (secondary N) is 2. The molecule has 1 aliphatic rings. The quantitative estimate of drug-likeness (QED) is 0.731. The summed E-state index contributed by atoms with van der Waals surface area (Å²) in [7, 11) is 1.94. The third-order valence-corrected chi connectivity index (χ3v) is 4.88. The second-order valence-electron chi connectivity index (χ2n) is 8.20. The van der Waals surface area contributed by atoms with Gasteiger partial charge in [0.1, 0.15) is 5.52 Å². The Morgan fingerprint density at radius 3 is 2.81 bits per heavy atom. The number of hydrogen-bond acceptors (Lipinski definition) is 4. The molecular formula is C20H24N6O. The molecule has 1 amide bonds. The maximum atomic E-state index is 12.7. The van der Waals surface area contributed by atoms with Crippen molar-refractivity contribution in [3.8, 4) is 0 Å². The topological polar surface area (TPSA) is 88.5 Å². The lowest BCUT2D eigenvalue weighted by atomic mass is 9.81. The van der Waals surface area contributed by atoms with Crippen molar-refractivity contribution in [3.05, 3.63) is 47.2 Å². The van der Waals surface area contributed by atoms with Crippen LogP contribution < -0.4 is 5.32 Å². The van der Waals surface area contributed by atoms with Crippen LogP contribution in [0.15, 0.2) is 24.7 Å². The second kappa shape index (κ2) is 6.04. The lowest BCUT2D eigenvalue weighted by Gasteiger charge is -2.24. The molecular weight excluding hydrogens is 340 g/mol. The molecule has 1 aliphatic carbocycles. The molecule has 3 heterocycles. The van der Waals surface area contributed by atoms with Crippen molar-refractivity contribution in [1.82, 2.24) is 30.0 Å². The number of hydrogen-bond donors (Lipinski definition) is 2. The van der Waals surface area contributed by atoms with E-state index in [1.807, 2.05) is 38.7 Å². The molecule has 7 nitrogen and oxygen atoms in total. The minimum atomic E-state index is -0.320. The number of carbonyl (C=O) groups excluding carboxylic acids is 1. The van der Waals surface area contributed by atoms with E-state index in [0.717, 1.165) is 17.0 Å². The van der Waals surface area contributed by atoms with Crippen molar-refractivity contribution in [1.29, 1.82) is 0 Å². The summed E-state index contributed by atoms with van der Waals surface area (Å²) < 4.78 is 1.87. The predicted molar refractivity (Wildman–Crippen MR) is 104 cm³/mol. The third-order valence-electron chi connectivity index (χ3n) is 4.88. The van der Waals surface area contributed by atoms with Crippen molar-refractivity contribution in [3.63, 3.8) is 0 Å². The van der Waals surface area contributed by atoms with Crippen LogP contribution in [0, 0.1) is 5.92 Å². The van der Waals surface area contributed by atoms with E-state index in [1.54, 1.807) is 12.4 Å². The van der Waals surface area contributed by atoms with E-state index in [-0.39, 0.29) is 23.3 Å². The average Bonchev–Trinajstić information content (AvgIpc) is 3.16. The third kappa shape index (κ3) is 3.03. The fourth-order valence-electron chi connectivity index (χ4n) is 3.61. The number of nitrogens with zero attached hydrogens (tertiary/aromatic N) is 4. The Kier molecular flexibility index (Phi) is 3.91. The van der Waals surface area contributed by atoms with Crippen molar-refractivity contribution in [2.75, 3.05) is 0 Å². The lowest BCUT2D eigenvalue weighted by Crippen LogP contribution is -2.40. The summed E-state index contributed by atoms with van der Waals surface area (Å²) >= 11 is 0. The Morgan fingerprint density at radius 1 is 1.30 bits per heavy atom. The van der Waals surface area contributed by atoms with Gasteiger partial charge in [-0.05, 0) is 32.8 Å². The summed E-state index contributed by atoms with van der Waals surface area (Å²) in [5.74, 6) is 0.169. The van der Waals surface area contributed by atoms with Crippen LogP contribution in [0.3, 0.4) is 0 Å². The van der Waals surface area contributed by atoms with E-state index in [0.29, 0.717) is 16.7 Å². The summed E-state index contributed by atoms with van der Waals surface area (Å²) in [6.45, 7) is 8.03. The van der Waals surface area contributed by atoms with Gasteiger partial charge in [0.15, 0.2) is 5.65 Å². The molecule has 2 N–H and O–H groups in total. The summed E-state index contributed by atoms with van der Waals surface area (Å²) in [6, 6.07) is 0. The first-order chi connectivity index (χ1) is 12.7. The molecule has 0 bridgehead atoms. The molecule has 140 valence electrons. The summed E-state index contributed by atoms with van der Waals surface area (Å²) in [5, 5.41) is 7.38. The Hall–Kier alpha value is -2.96. The Balaban J connectivity index is 1.79. The molecule has 0 aromatic carbocycles. The Bertz CT molecular complexity index is 1050. The molecule has 0 aliphatic heterocycles. The van der Waals surface area contributed by atoms with Crippen molar-refractivity contribution >= 4 is 23.1 Å². The van der Waals surface area contributed by atoms with Crippen molar-refractivity contribution in [2.24, 2.45) is 13.0 Å². The maximum absolute atomic E-state index is 12.7. The number of H-pyrrole nitrogens is 1. The van der Waals surface area contributed by atoms with Gasteiger partial charge >= 0.3 is 0 Å². The van der Waals surface area contributed by atoms with E-state index in [4.69, 9.17) is 4.98 Å². The zero-order valence-electron chi connectivity index (χ0n) is 16.2. The van der Waals surface area contributed by atoms with Gasteiger partial charge in [-0.25, -0.2) is 9.97 Å². The molecule has 0 saturated heterocycles. The van der Waals surface area contributed by atoms with Crippen LogP contribution >= 0.6 is 0 Å². The largest absolute Gasteiger partial charge is 0.347 e. The zero-order valence-corrected chi connectivity index (χ0v) is 16.2. The van der Waals surface area contributed by atoms with Gasteiger partial charge in [-0.15, -0.1) is 0 Å². The molecule has 0 spiro atoms. The van der Waals surface area contributed by atoms with Crippen LogP contribution in [-0.4, -0.2) is 36.2 Å². The van der Waals surface area contributed by atoms with Crippen LogP contribution in [0.4, 0.5) is 0 Å². The number of aromatic nitrogens is 5. The first-order valence-electron chi connectivity index (χ1n) is 9.11. The van der Waals surface area contributed by atoms with Crippen LogP contribution in [0.25, 0.3) is 17.2 Å². The van der Waals surface area contributed by atoms with Gasteiger partial charge in [-0.2, -0.15) is 5.10 Å². The van der Waals surface area contributed by atoms with E-state index in [9.17, 15) is 4.79 Å². The van der Waals surface area contributed by atoms with E-state index < -0.39 is 0 Å². The van der Waals surface area contributed by atoms with E-state index in [1.165, 1.54) is 0 Å². The predicted octanol–water partition coefficient (Wildman–Crippen LogP) is 3.01. The fourth-order valence-corrected chi connectivity index (χ4v) is 3.61. The monoisotopic (exact) mass is 364 g/mol. The molecule has 4 rings (SSSR count). The van der Waals surface area contributed by atoms with Crippen molar-refractivity contribution in [2.45, 2.75) is 39.2 Å². The van der Waals surface area contributed by atoms with Crippen LogP contribution in [-0.2, 0) is 7.05 Å². The molecule has 0 fully saturated rings. The number of aryl methyl sites for hydroxylation is 1. The molecule has 2 atom stereocenters. The molecule has 3 aromatic heterocycles. The number of aromatic amines is 1. The van der Waals surface area contributed by atoms with Gasteiger partial charge in [-0.1, -0.05) is 13.0 Å². The highest BCUT2D eigenvalue weighted by Crippen LogP contribution is 2.38. The summed E-state index contributed by atoms with van der Waals surface area (Å²) in [6.07, 6.45) is 9.64. The summed E-state index contributed by atoms with van der Waals surface area (Å²) in [5.41, 5.74) is 4.47. The van der Waals surface area contributed by atoms with Gasteiger partial charge in [-0.3, -0.25) is 9.48 Å².